The van der Waals surface area contributed by atoms with Crippen LogP contribution in [0.1, 0.15) is 45.6 Å². The summed E-state index contributed by atoms with van der Waals surface area (Å²) < 4.78 is 10.6. The summed E-state index contributed by atoms with van der Waals surface area (Å²) in [6.07, 6.45) is 2.29. The normalized spacial score (nSPS) is 20.5. The molecule has 2 rings (SSSR count). The van der Waals surface area contributed by atoms with Crippen LogP contribution in [0.4, 0.5) is 0 Å². The zero-order valence-electron chi connectivity index (χ0n) is 13.8. The average Bonchev–Trinajstić information content (AvgIpc) is 2.46. The Morgan fingerprint density at radius 1 is 1.09 bits per heavy atom. The van der Waals surface area contributed by atoms with Gasteiger partial charge in [0.25, 0.3) is 5.79 Å². The SMILES string of the molecule is CC1(C)OC(=O)C(C(C)(CCCCCl)c2ccccc2)C(=O)O1. The predicted molar refractivity (Wildman–Crippen MR) is 88.1 cm³/mol. The molecule has 0 amide bonds. The molecule has 4 nitrogen and oxygen atoms in total. The van der Waals surface area contributed by atoms with Gasteiger partial charge in [-0.25, -0.2) is 0 Å². The zero-order valence-corrected chi connectivity index (χ0v) is 14.6. The summed E-state index contributed by atoms with van der Waals surface area (Å²) in [4.78, 5) is 25.0. The minimum atomic E-state index is -1.21. The highest BCUT2D eigenvalue weighted by atomic mass is 35.5. The monoisotopic (exact) mass is 338 g/mol. The van der Waals surface area contributed by atoms with E-state index in [1.54, 1.807) is 13.8 Å². The number of esters is 2. The van der Waals surface area contributed by atoms with Crippen molar-refractivity contribution in [1.29, 1.82) is 0 Å². The van der Waals surface area contributed by atoms with E-state index in [1.807, 2.05) is 37.3 Å². The van der Waals surface area contributed by atoms with Gasteiger partial charge < -0.3 is 9.47 Å². The van der Waals surface area contributed by atoms with Crippen LogP contribution in [0.2, 0.25) is 0 Å². The van der Waals surface area contributed by atoms with Crippen LogP contribution in [-0.2, 0) is 24.5 Å². The van der Waals surface area contributed by atoms with E-state index in [1.165, 1.54) is 0 Å². The van der Waals surface area contributed by atoms with Gasteiger partial charge in [0.2, 0.25) is 0 Å². The Bertz CT molecular complexity index is 550. The smallest absolute Gasteiger partial charge is 0.324 e. The van der Waals surface area contributed by atoms with Crippen molar-refractivity contribution in [3.8, 4) is 0 Å². The summed E-state index contributed by atoms with van der Waals surface area (Å²) in [5.74, 6) is -2.67. The number of benzene rings is 1. The van der Waals surface area contributed by atoms with Crippen molar-refractivity contribution in [1.82, 2.24) is 0 Å². The maximum absolute atomic E-state index is 12.5. The molecular formula is C18H23ClO4. The van der Waals surface area contributed by atoms with Crippen molar-refractivity contribution in [3.63, 3.8) is 0 Å². The summed E-state index contributed by atoms with van der Waals surface area (Å²) in [5, 5.41) is 0. The molecule has 1 unspecified atom stereocenters. The van der Waals surface area contributed by atoms with E-state index >= 15 is 0 Å². The topological polar surface area (TPSA) is 52.6 Å². The summed E-state index contributed by atoms with van der Waals surface area (Å²) in [6.45, 7) is 5.04. The number of alkyl halides is 1. The van der Waals surface area contributed by atoms with Crippen molar-refractivity contribution in [3.05, 3.63) is 35.9 Å². The quantitative estimate of drug-likeness (QED) is 0.342. The third-order valence-corrected chi connectivity index (χ3v) is 4.58. The number of cyclic esters (lactones) is 2. The number of rotatable bonds is 6. The Hall–Kier alpha value is -1.55. The van der Waals surface area contributed by atoms with E-state index in [0.717, 1.165) is 18.4 Å². The fourth-order valence-electron chi connectivity index (χ4n) is 3.10. The van der Waals surface area contributed by atoms with Crippen molar-refractivity contribution in [2.24, 2.45) is 5.92 Å². The summed E-state index contributed by atoms with van der Waals surface area (Å²) >= 11 is 5.77. The van der Waals surface area contributed by atoms with Crippen LogP contribution in [0.15, 0.2) is 30.3 Å². The van der Waals surface area contributed by atoms with Crippen molar-refractivity contribution >= 4 is 23.5 Å². The fourth-order valence-corrected chi connectivity index (χ4v) is 3.29. The average molecular weight is 339 g/mol. The van der Waals surface area contributed by atoms with Gasteiger partial charge in [-0.3, -0.25) is 9.59 Å². The summed E-state index contributed by atoms with van der Waals surface area (Å²) in [6, 6.07) is 9.57. The molecule has 1 aromatic rings. The summed E-state index contributed by atoms with van der Waals surface area (Å²) in [5.41, 5.74) is 0.242. The van der Waals surface area contributed by atoms with E-state index in [0.29, 0.717) is 12.3 Å². The van der Waals surface area contributed by atoms with E-state index < -0.39 is 29.1 Å². The standard InChI is InChI=1S/C18H23ClO4/c1-17(2)22-15(20)14(16(21)23-17)18(3,11-7-8-12-19)13-9-5-4-6-10-13/h4-6,9-10,14H,7-8,11-12H2,1-3H3. The molecule has 0 saturated carbocycles. The van der Waals surface area contributed by atoms with E-state index in [4.69, 9.17) is 21.1 Å². The first kappa shape index (κ1) is 17.8. The third-order valence-electron chi connectivity index (χ3n) is 4.31. The van der Waals surface area contributed by atoms with Crippen molar-refractivity contribution in [2.75, 3.05) is 5.88 Å². The van der Waals surface area contributed by atoms with Crippen LogP contribution < -0.4 is 0 Å². The molecule has 1 aliphatic heterocycles. The highest BCUT2D eigenvalue weighted by molar-refractivity contribution is 6.17. The molecule has 126 valence electrons. The molecular weight excluding hydrogens is 316 g/mol. The second-order valence-corrected chi connectivity index (χ2v) is 6.98. The highest BCUT2D eigenvalue weighted by Crippen LogP contribution is 2.41. The highest BCUT2D eigenvalue weighted by Gasteiger charge is 2.53. The molecule has 5 heteroatoms. The van der Waals surface area contributed by atoms with Gasteiger partial charge in [0.15, 0.2) is 5.92 Å². The second-order valence-electron chi connectivity index (χ2n) is 6.60. The zero-order chi connectivity index (χ0) is 17.1. The number of ether oxygens (including phenoxy) is 2. The Balaban J connectivity index is 2.37. The molecule has 0 aromatic heterocycles. The Morgan fingerprint density at radius 3 is 2.17 bits per heavy atom. The first-order chi connectivity index (χ1) is 10.8. The molecule has 0 aliphatic carbocycles. The molecule has 0 bridgehead atoms. The Morgan fingerprint density at radius 2 is 1.65 bits per heavy atom. The van der Waals surface area contributed by atoms with Crippen LogP contribution in [0, 0.1) is 5.92 Å². The molecule has 0 spiro atoms. The van der Waals surface area contributed by atoms with Gasteiger partial charge in [-0.2, -0.15) is 0 Å². The molecule has 0 N–H and O–H groups in total. The van der Waals surface area contributed by atoms with Gasteiger partial charge in [-0.05, 0) is 18.4 Å². The Kier molecular flexibility index (Phi) is 5.35. The van der Waals surface area contributed by atoms with Gasteiger partial charge in [-0.15, -0.1) is 11.6 Å². The van der Waals surface area contributed by atoms with Gasteiger partial charge in [0.1, 0.15) is 0 Å². The van der Waals surface area contributed by atoms with Crippen LogP contribution in [0.3, 0.4) is 0 Å². The maximum atomic E-state index is 12.5. The molecule has 23 heavy (non-hydrogen) atoms. The first-order valence-corrected chi connectivity index (χ1v) is 8.41. The third kappa shape index (κ3) is 3.86. The van der Waals surface area contributed by atoms with Gasteiger partial charge in [0, 0.05) is 25.1 Å². The maximum Gasteiger partial charge on any atom is 0.324 e. The number of unbranched alkanes of at least 4 members (excludes halogenated alkanes) is 1. The lowest BCUT2D eigenvalue weighted by atomic mass is 9.68. The number of hydrogen-bond acceptors (Lipinski definition) is 4. The van der Waals surface area contributed by atoms with Gasteiger partial charge in [0.05, 0.1) is 0 Å². The molecule has 0 radical (unpaired) electrons. The van der Waals surface area contributed by atoms with Crippen molar-refractivity contribution < 1.29 is 19.1 Å². The van der Waals surface area contributed by atoms with Gasteiger partial charge >= 0.3 is 11.9 Å². The van der Waals surface area contributed by atoms with Crippen LogP contribution >= 0.6 is 11.6 Å². The predicted octanol–water partition coefficient (Wildman–Crippen LogP) is 3.81. The number of halogens is 1. The second kappa shape index (κ2) is 6.91. The van der Waals surface area contributed by atoms with Crippen LogP contribution in [0.25, 0.3) is 0 Å². The largest absolute Gasteiger partial charge is 0.422 e. The van der Waals surface area contributed by atoms with E-state index in [-0.39, 0.29) is 0 Å². The minimum absolute atomic E-state index is 0.525. The van der Waals surface area contributed by atoms with E-state index in [9.17, 15) is 9.59 Å². The van der Waals surface area contributed by atoms with E-state index in [2.05, 4.69) is 0 Å². The molecule has 1 saturated heterocycles. The first-order valence-electron chi connectivity index (χ1n) is 7.87. The Labute approximate surface area is 142 Å². The number of carbonyl (C=O) groups is 2. The molecule has 1 heterocycles. The molecule has 1 fully saturated rings. The van der Waals surface area contributed by atoms with Gasteiger partial charge in [-0.1, -0.05) is 43.7 Å². The lowest BCUT2D eigenvalue weighted by Crippen LogP contribution is -2.53. The minimum Gasteiger partial charge on any atom is -0.422 e. The summed E-state index contributed by atoms with van der Waals surface area (Å²) in [7, 11) is 0. The molecule has 1 aliphatic rings. The van der Waals surface area contributed by atoms with Crippen LogP contribution in [0.5, 0.6) is 0 Å². The van der Waals surface area contributed by atoms with Crippen LogP contribution in [-0.4, -0.2) is 23.6 Å². The number of hydrogen-bond donors (Lipinski definition) is 0. The fraction of sp³-hybridized carbons (Fsp3) is 0.556. The number of carbonyl (C=O) groups excluding carboxylic acids is 2. The lowest BCUT2D eigenvalue weighted by molar-refractivity contribution is -0.243. The van der Waals surface area contributed by atoms with Crippen molar-refractivity contribution in [2.45, 2.75) is 51.2 Å². The lowest BCUT2D eigenvalue weighted by Gasteiger charge is -2.41. The molecule has 1 aromatic carbocycles. The molecule has 1 atom stereocenters.